The second-order valence-electron chi connectivity index (χ2n) is 8.63. The smallest absolute Gasteiger partial charge is 0.269 e. The summed E-state index contributed by atoms with van der Waals surface area (Å²) in [7, 11) is -4.11. The van der Waals surface area contributed by atoms with Gasteiger partial charge in [-0.05, 0) is 42.7 Å². The molecule has 1 heterocycles. The summed E-state index contributed by atoms with van der Waals surface area (Å²) in [5.74, 6) is -0.477. The molecule has 0 bridgehead atoms. The van der Waals surface area contributed by atoms with Gasteiger partial charge in [0, 0.05) is 37.3 Å². The van der Waals surface area contributed by atoms with Crippen molar-refractivity contribution in [1.82, 2.24) is 5.32 Å². The quantitative estimate of drug-likeness (QED) is 0.347. The fourth-order valence-electron chi connectivity index (χ4n) is 4.35. The van der Waals surface area contributed by atoms with Gasteiger partial charge in [0.1, 0.15) is 6.54 Å². The van der Waals surface area contributed by atoms with E-state index in [4.69, 9.17) is 4.74 Å². The predicted octanol–water partition coefficient (Wildman–Crippen LogP) is 3.65. The molecule has 0 atom stereocenters. The average Bonchev–Trinajstić information content (AvgIpc) is 2.92. The number of anilines is 1. The molecule has 4 rings (SSSR count). The first-order valence-corrected chi connectivity index (χ1v) is 13.0. The first kappa shape index (κ1) is 25.3. The van der Waals surface area contributed by atoms with Gasteiger partial charge in [-0.2, -0.15) is 0 Å². The van der Waals surface area contributed by atoms with Gasteiger partial charge in [-0.25, -0.2) is 8.42 Å². The number of hydrogen-bond donors (Lipinski definition) is 1. The van der Waals surface area contributed by atoms with Crippen LogP contribution in [0.15, 0.2) is 89.8 Å². The van der Waals surface area contributed by atoms with Crippen LogP contribution in [-0.4, -0.2) is 45.6 Å². The number of nitrogens with zero attached hydrogens (tertiary/aromatic N) is 2. The van der Waals surface area contributed by atoms with Crippen LogP contribution in [0.2, 0.25) is 0 Å². The number of nitrogens with one attached hydrogen (secondary N) is 1. The van der Waals surface area contributed by atoms with Crippen molar-refractivity contribution < 1.29 is 22.9 Å². The average molecular weight is 510 g/mol. The van der Waals surface area contributed by atoms with Crippen molar-refractivity contribution in [2.24, 2.45) is 0 Å². The van der Waals surface area contributed by atoms with E-state index in [1.807, 2.05) is 30.3 Å². The van der Waals surface area contributed by atoms with Gasteiger partial charge in [-0.15, -0.1) is 0 Å². The van der Waals surface area contributed by atoms with Crippen LogP contribution in [0.3, 0.4) is 0 Å². The molecule has 3 aromatic rings. The molecule has 0 unspecified atom stereocenters. The number of non-ortho nitro benzene ring substituents is 1. The monoisotopic (exact) mass is 509 g/mol. The second-order valence-corrected chi connectivity index (χ2v) is 10.5. The molecule has 0 aliphatic carbocycles. The van der Waals surface area contributed by atoms with Crippen LogP contribution in [0.25, 0.3) is 0 Å². The molecule has 1 saturated heterocycles. The van der Waals surface area contributed by atoms with E-state index >= 15 is 0 Å². The maximum atomic E-state index is 13.5. The van der Waals surface area contributed by atoms with E-state index in [1.54, 1.807) is 18.2 Å². The molecule has 1 fully saturated rings. The number of rotatable bonds is 9. The van der Waals surface area contributed by atoms with Crippen LogP contribution in [0, 0.1) is 10.1 Å². The highest BCUT2D eigenvalue weighted by Gasteiger charge is 2.35. The molecular formula is C26H27N3O6S. The van der Waals surface area contributed by atoms with E-state index in [-0.39, 0.29) is 21.7 Å². The highest BCUT2D eigenvalue weighted by atomic mass is 32.2. The molecule has 9 nitrogen and oxygen atoms in total. The van der Waals surface area contributed by atoms with Crippen LogP contribution in [0.5, 0.6) is 0 Å². The van der Waals surface area contributed by atoms with Gasteiger partial charge in [0.2, 0.25) is 5.91 Å². The lowest BCUT2D eigenvalue weighted by molar-refractivity contribution is -0.384. The lowest BCUT2D eigenvalue weighted by Crippen LogP contribution is -2.48. The van der Waals surface area contributed by atoms with Crippen molar-refractivity contribution in [3.63, 3.8) is 0 Å². The van der Waals surface area contributed by atoms with Gasteiger partial charge in [0.05, 0.1) is 15.5 Å². The van der Waals surface area contributed by atoms with Gasteiger partial charge < -0.3 is 10.1 Å². The normalized spacial score (nSPS) is 15.1. The third-order valence-electron chi connectivity index (χ3n) is 6.43. The number of benzene rings is 3. The molecule has 0 aromatic heterocycles. The fourth-order valence-corrected chi connectivity index (χ4v) is 5.79. The molecule has 188 valence electrons. The largest absolute Gasteiger partial charge is 0.381 e. The van der Waals surface area contributed by atoms with Gasteiger partial charge in [-0.1, -0.05) is 48.5 Å². The standard InChI is InChI=1S/C26H27N3O6S/c30-25(27-20-26(15-17-35-18-16-26)21-7-3-1-4-8-21)19-28(22-11-13-23(14-12-22)29(31)32)36(33,34)24-9-5-2-6-10-24/h1-14H,15-20H2,(H,27,30). The number of nitro groups is 1. The van der Waals surface area contributed by atoms with Crippen LogP contribution in [0.4, 0.5) is 11.4 Å². The zero-order chi connectivity index (χ0) is 25.6. The molecular weight excluding hydrogens is 482 g/mol. The van der Waals surface area contributed by atoms with Crippen molar-refractivity contribution in [2.45, 2.75) is 23.2 Å². The zero-order valence-corrected chi connectivity index (χ0v) is 20.4. The summed E-state index contributed by atoms with van der Waals surface area (Å²) in [6.07, 6.45) is 1.46. The summed E-state index contributed by atoms with van der Waals surface area (Å²) in [5, 5.41) is 14.0. The summed E-state index contributed by atoms with van der Waals surface area (Å²) in [5.41, 5.74) is 0.761. The zero-order valence-electron chi connectivity index (χ0n) is 19.6. The molecule has 1 aliphatic rings. The maximum absolute atomic E-state index is 13.5. The number of carbonyl (C=O) groups excluding carboxylic acids is 1. The van der Waals surface area contributed by atoms with Gasteiger partial charge >= 0.3 is 0 Å². The predicted molar refractivity (Wildman–Crippen MR) is 135 cm³/mol. The summed E-state index contributed by atoms with van der Waals surface area (Å²) in [6.45, 7) is 0.999. The Morgan fingerprint density at radius 3 is 2.11 bits per heavy atom. The van der Waals surface area contributed by atoms with Crippen LogP contribution < -0.4 is 9.62 Å². The lowest BCUT2D eigenvalue weighted by Gasteiger charge is -2.38. The summed E-state index contributed by atoms with van der Waals surface area (Å²) in [4.78, 5) is 23.7. The first-order chi connectivity index (χ1) is 17.3. The van der Waals surface area contributed by atoms with Crippen molar-refractivity contribution >= 4 is 27.3 Å². The number of nitro benzene ring substituents is 1. The fraction of sp³-hybridized carbons (Fsp3) is 0.269. The molecule has 3 aromatic carbocycles. The number of amides is 1. The molecule has 0 spiro atoms. The maximum Gasteiger partial charge on any atom is 0.269 e. The minimum absolute atomic E-state index is 0.0151. The van der Waals surface area contributed by atoms with Crippen molar-refractivity contribution in [2.75, 3.05) is 30.6 Å². The minimum atomic E-state index is -4.11. The molecule has 10 heteroatoms. The summed E-state index contributed by atoms with van der Waals surface area (Å²) in [6, 6.07) is 22.8. The van der Waals surface area contributed by atoms with E-state index in [2.05, 4.69) is 5.32 Å². The van der Waals surface area contributed by atoms with Crippen molar-refractivity contribution in [1.29, 1.82) is 0 Å². The third-order valence-corrected chi connectivity index (χ3v) is 8.22. The Bertz CT molecular complexity index is 1290. The minimum Gasteiger partial charge on any atom is -0.381 e. The van der Waals surface area contributed by atoms with Gasteiger partial charge in [-0.3, -0.25) is 19.2 Å². The Morgan fingerprint density at radius 2 is 1.53 bits per heavy atom. The highest BCUT2D eigenvalue weighted by molar-refractivity contribution is 7.92. The van der Waals surface area contributed by atoms with E-state index in [0.29, 0.717) is 19.8 Å². The van der Waals surface area contributed by atoms with Crippen LogP contribution in [-0.2, 0) is 25.0 Å². The van der Waals surface area contributed by atoms with Gasteiger partial charge in [0.25, 0.3) is 15.7 Å². The van der Waals surface area contributed by atoms with Gasteiger partial charge in [0.15, 0.2) is 0 Å². The first-order valence-electron chi connectivity index (χ1n) is 11.5. The Morgan fingerprint density at radius 1 is 0.944 bits per heavy atom. The van der Waals surface area contributed by atoms with E-state index < -0.39 is 27.4 Å². The molecule has 0 saturated carbocycles. The molecule has 1 aliphatic heterocycles. The highest BCUT2D eigenvalue weighted by Crippen LogP contribution is 2.34. The molecule has 1 N–H and O–H groups in total. The topological polar surface area (TPSA) is 119 Å². The lowest BCUT2D eigenvalue weighted by atomic mass is 9.74. The Balaban J connectivity index is 1.58. The van der Waals surface area contributed by atoms with E-state index in [0.717, 1.165) is 22.7 Å². The molecule has 0 radical (unpaired) electrons. The third kappa shape index (κ3) is 5.55. The number of carbonyl (C=O) groups is 1. The number of ether oxygens (including phenoxy) is 1. The molecule has 1 amide bonds. The van der Waals surface area contributed by atoms with Crippen molar-refractivity contribution in [3.05, 3.63) is 101 Å². The number of hydrogen-bond acceptors (Lipinski definition) is 6. The van der Waals surface area contributed by atoms with Crippen LogP contribution >= 0.6 is 0 Å². The molecule has 36 heavy (non-hydrogen) atoms. The van der Waals surface area contributed by atoms with Crippen LogP contribution in [0.1, 0.15) is 18.4 Å². The second kappa shape index (κ2) is 10.9. The summed E-state index contributed by atoms with van der Waals surface area (Å²) >= 11 is 0. The SMILES string of the molecule is O=C(CN(c1ccc([N+](=O)[O-])cc1)S(=O)(=O)c1ccccc1)NCC1(c2ccccc2)CCOCC1. The summed E-state index contributed by atoms with van der Waals surface area (Å²) < 4.78 is 33.5. The Labute approximate surface area is 209 Å². The van der Waals surface area contributed by atoms with Crippen molar-refractivity contribution in [3.8, 4) is 0 Å². The van der Waals surface area contributed by atoms with E-state index in [1.165, 1.54) is 36.4 Å². The number of sulfonamides is 1. The van der Waals surface area contributed by atoms with E-state index in [9.17, 15) is 23.3 Å². The Hall–Kier alpha value is -3.76. The Kier molecular flexibility index (Phi) is 7.66.